The van der Waals surface area contributed by atoms with Gasteiger partial charge in [-0.25, -0.2) is 0 Å². The molecule has 0 N–H and O–H groups in total. The van der Waals surface area contributed by atoms with Gasteiger partial charge in [0.15, 0.2) is 0 Å². The first-order valence-corrected chi connectivity index (χ1v) is 20.0. The molecule has 8 aromatic carbocycles. The number of thiophene rings is 1. The number of para-hydroxylation sites is 2. The highest BCUT2D eigenvalue weighted by Crippen LogP contribution is 2.53. The molecule has 0 aliphatic heterocycles. The SMILES string of the molecule is C1=CC(N(c2ccccc2-c2cccc3cccc(-c4ccccc4)c23)c2cccc3sc4ccccc4c23)=C(c2ccc3c(c2)oc2ccccc23)[C@H]2C=C12. The minimum Gasteiger partial charge on any atom is -0.456 e. The maximum absolute atomic E-state index is 6.49. The Kier molecular flexibility index (Phi) is 6.89. The standard InChI is InChI=1S/C53H33NOS/c1-2-13-33(14-3-1)37-20-10-15-34-16-11-21-41(51(34)37)38-17-4-7-22-44(38)54(45-23-12-26-50-53(45)42-19-6-9-25-49(42)56-50)46-30-28-35-31-43(35)52(46)36-27-29-40-39-18-5-8-24-47(39)55-48(40)32-36/h1-32,43H/t43-/m0/s1. The van der Waals surface area contributed by atoms with Crippen molar-refractivity contribution in [3.63, 3.8) is 0 Å². The van der Waals surface area contributed by atoms with Crippen LogP contribution in [0, 0.1) is 5.92 Å². The highest BCUT2D eigenvalue weighted by Gasteiger charge is 2.36. The average molecular weight is 732 g/mol. The largest absolute Gasteiger partial charge is 0.456 e. The van der Waals surface area contributed by atoms with Crippen molar-refractivity contribution in [3.05, 3.63) is 211 Å². The molecule has 0 bridgehead atoms. The Bertz CT molecular complexity index is 3320. The van der Waals surface area contributed by atoms with Gasteiger partial charge in [-0.05, 0) is 92.7 Å². The minimum atomic E-state index is 0.229. The summed E-state index contributed by atoms with van der Waals surface area (Å²) < 4.78 is 9.06. The minimum absolute atomic E-state index is 0.229. The third-order valence-corrected chi connectivity index (χ3v) is 12.7. The Labute approximate surface area is 328 Å². The predicted octanol–water partition coefficient (Wildman–Crippen LogP) is 15.1. The first kappa shape index (κ1) is 31.4. The summed E-state index contributed by atoms with van der Waals surface area (Å²) in [5, 5.41) is 7.31. The quantitative estimate of drug-likeness (QED) is 0.169. The summed E-state index contributed by atoms with van der Waals surface area (Å²) in [5.41, 5.74) is 14.0. The molecule has 2 aliphatic carbocycles. The van der Waals surface area contributed by atoms with Crippen LogP contribution in [0.2, 0.25) is 0 Å². The molecule has 262 valence electrons. The molecule has 2 aliphatic rings. The molecule has 0 saturated carbocycles. The Morgan fingerprint density at radius 2 is 1.16 bits per heavy atom. The number of allylic oxidation sites excluding steroid dienone is 5. The van der Waals surface area contributed by atoms with E-state index in [9.17, 15) is 0 Å². The van der Waals surface area contributed by atoms with Crippen LogP contribution in [-0.4, -0.2) is 0 Å². The molecule has 2 heterocycles. The summed E-state index contributed by atoms with van der Waals surface area (Å²) in [4.78, 5) is 2.55. The highest BCUT2D eigenvalue weighted by molar-refractivity contribution is 7.26. The lowest BCUT2D eigenvalue weighted by molar-refractivity contribution is 0.669. The van der Waals surface area contributed by atoms with Gasteiger partial charge >= 0.3 is 0 Å². The van der Waals surface area contributed by atoms with Gasteiger partial charge in [-0.1, -0.05) is 146 Å². The molecular weight excluding hydrogens is 699 g/mol. The van der Waals surface area contributed by atoms with E-state index < -0.39 is 0 Å². The molecule has 0 spiro atoms. The summed E-state index contributed by atoms with van der Waals surface area (Å²) in [5.74, 6) is 0.229. The third kappa shape index (κ3) is 4.81. The summed E-state index contributed by atoms with van der Waals surface area (Å²) in [6.07, 6.45) is 7.05. The van der Waals surface area contributed by atoms with Gasteiger partial charge in [-0.2, -0.15) is 0 Å². The summed E-state index contributed by atoms with van der Waals surface area (Å²) in [6.45, 7) is 0. The highest BCUT2D eigenvalue weighted by atomic mass is 32.1. The van der Waals surface area contributed by atoms with E-state index in [2.05, 4.69) is 193 Å². The fourth-order valence-corrected chi connectivity index (χ4v) is 10.2. The van der Waals surface area contributed by atoms with E-state index in [0.717, 1.165) is 27.6 Å². The van der Waals surface area contributed by atoms with Crippen molar-refractivity contribution in [2.45, 2.75) is 0 Å². The zero-order valence-electron chi connectivity index (χ0n) is 30.3. The normalized spacial score (nSPS) is 14.9. The van der Waals surface area contributed by atoms with Crippen LogP contribution in [-0.2, 0) is 0 Å². The number of furan rings is 1. The maximum atomic E-state index is 6.49. The summed E-state index contributed by atoms with van der Waals surface area (Å²) in [7, 11) is 0. The van der Waals surface area contributed by atoms with Crippen molar-refractivity contribution in [3.8, 4) is 22.3 Å². The summed E-state index contributed by atoms with van der Waals surface area (Å²) >= 11 is 1.86. The van der Waals surface area contributed by atoms with Crippen molar-refractivity contribution >= 4 is 81.2 Å². The van der Waals surface area contributed by atoms with Gasteiger partial charge in [0.25, 0.3) is 0 Å². The van der Waals surface area contributed by atoms with E-state index >= 15 is 0 Å². The van der Waals surface area contributed by atoms with Gasteiger partial charge in [0.2, 0.25) is 0 Å². The second-order valence-corrected chi connectivity index (χ2v) is 15.8. The number of fused-ring (bicyclic) bond motifs is 8. The van der Waals surface area contributed by atoms with Crippen LogP contribution in [0.1, 0.15) is 5.56 Å². The predicted molar refractivity (Wildman–Crippen MR) is 238 cm³/mol. The second kappa shape index (κ2) is 12.3. The lowest BCUT2D eigenvalue weighted by atomic mass is 9.89. The third-order valence-electron chi connectivity index (χ3n) is 11.6. The molecule has 0 amide bonds. The van der Waals surface area contributed by atoms with Crippen LogP contribution < -0.4 is 4.90 Å². The molecule has 12 rings (SSSR count). The van der Waals surface area contributed by atoms with Crippen LogP contribution in [0.4, 0.5) is 11.4 Å². The number of nitrogens with zero attached hydrogens (tertiary/aromatic N) is 1. The molecule has 2 aromatic heterocycles. The van der Waals surface area contributed by atoms with Crippen molar-refractivity contribution in [2.24, 2.45) is 5.92 Å². The Morgan fingerprint density at radius 1 is 0.464 bits per heavy atom. The van der Waals surface area contributed by atoms with Gasteiger partial charge in [0, 0.05) is 42.4 Å². The van der Waals surface area contributed by atoms with Crippen molar-refractivity contribution in [2.75, 3.05) is 4.90 Å². The molecule has 1 atom stereocenters. The number of anilines is 2. The first-order chi connectivity index (χ1) is 27.8. The molecule has 0 fully saturated rings. The first-order valence-electron chi connectivity index (χ1n) is 19.2. The molecule has 2 nitrogen and oxygen atoms in total. The monoisotopic (exact) mass is 731 g/mol. The van der Waals surface area contributed by atoms with Crippen LogP contribution in [0.25, 0.3) is 80.7 Å². The van der Waals surface area contributed by atoms with Crippen LogP contribution >= 0.6 is 11.3 Å². The molecule has 3 heteroatoms. The van der Waals surface area contributed by atoms with E-state index in [4.69, 9.17) is 4.42 Å². The zero-order valence-corrected chi connectivity index (χ0v) is 31.1. The van der Waals surface area contributed by atoms with E-state index in [-0.39, 0.29) is 5.92 Å². The average Bonchev–Trinajstić information content (AvgIpc) is 3.81. The zero-order chi connectivity index (χ0) is 36.7. The molecule has 0 radical (unpaired) electrons. The van der Waals surface area contributed by atoms with Crippen LogP contribution in [0.5, 0.6) is 0 Å². The van der Waals surface area contributed by atoms with Gasteiger partial charge in [-0.3, -0.25) is 0 Å². The number of benzene rings is 8. The fraction of sp³-hybridized carbons (Fsp3) is 0.0189. The Morgan fingerprint density at radius 3 is 2.07 bits per heavy atom. The van der Waals surface area contributed by atoms with Gasteiger partial charge < -0.3 is 9.32 Å². The van der Waals surface area contributed by atoms with Crippen molar-refractivity contribution in [1.29, 1.82) is 0 Å². The maximum Gasteiger partial charge on any atom is 0.136 e. The number of hydrogen-bond donors (Lipinski definition) is 0. The second-order valence-electron chi connectivity index (χ2n) is 14.8. The molecule has 56 heavy (non-hydrogen) atoms. The number of rotatable bonds is 6. The van der Waals surface area contributed by atoms with E-state index in [1.807, 2.05) is 17.4 Å². The van der Waals surface area contributed by atoms with Crippen LogP contribution in [0.3, 0.4) is 0 Å². The molecule has 10 aromatic rings. The van der Waals surface area contributed by atoms with E-state index in [1.165, 1.54) is 81.3 Å². The number of hydrogen-bond acceptors (Lipinski definition) is 3. The molecular formula is C53H33NOS. The Hall–Kier alpha value is -6.94. The lowest BCUT2D eigenvalue weighted by Crippen LogP contribution is -2.20. The van der Waals surface area contributed by atoms with Gasteiger partial charge in [0.05, 0.1) is 17.1 Å². The van der Waals surface area contributed by atoms with Crippen LogP contribution in [0.15, 0.2) is 210 Å². The topological polar surface area (TPSA) is 16.4 Å². The van der Waals surface area contributed by atoms with Gasteiger partial charge in [-0.15, -0.1) is 11.3 Å². The van der Waals surface area contributed by atoms with Crippen molar-refractivity contribution in [1.82, 2.24) is 0 Å². The fourth-order valence-electron chi connectivity index (χ4n) is 9.05. The Balaban J connectivity index is 1.17. The van der Waals surface area contributed by atoms with E-state index in [0.29, 0.717) is 0 Å². The molecule has 0 unspecified atom stereocenters. The van der Waals surface area contributed by atoms with Gasteiger partial charge in [0.1, 0.15) is 11.2 Å². The summed E-state index contributed by atoms with van der Waals surface area (Å²) in [6, 6.07) is 64.0. The van der Waals surface area contributed by atoms with Crippen molar-refractivity contribution < 1.29 is 4.42 Å². The van der Waals surface area contributed by atoms with E-state index in [1.54, 1.807) is 0 Å². The lowest BCUT2D eigenvalue weighted by Gasteiger charge is -2.33. The smallest absolute Gasteiger partial charge is 0.136 e. The molecule has 0 saturated heterocycles.